The highest BCUT2D eigenvalue weighted by Crippen LogP contribution is 2.25. The van der Waals surface area contributed by atoms with Crippen LogP contribution in [0.5, 0.6) is 0 Å². The molecule has 0 saturated carbocycles. The molecule has 0 aliphatic carbocycles. The second-order valence-electron chi connectivity index (χ2n) is 4.19. The number of anilines is 1. The van der Waals surface area contributed by atoms with E-state index in [2.05, 4.69) is 28.5 Å². The SMILES string of the molecule is C=CC(=CN=C)c1nnc(N(C)C(=O)CCS(C)(=O)=O)s1. The lowest BCUT2D eigenvalue weighted by atomic mass is 10.3. The number of aromatic nitrogens is 2. The Morgan fingerprint density at radius 3 is 2.67 bits per heavy atom. The summed E-state index contributed by atoms with van der Waals surface area (Å²) in [5.41, 5.74) is 0.644. The van der Waals surface area contributed by atoms with Gasteiger partial charge in [0, 0.05) is 31.5 Å². The summed E-state index contributed by atoms with van der Waals surface area (Å²) in [5.74, 6) is -0.533. The number of hydrogen-bond acceptors (Lipinski definition) is 7. The molecule has 21 heavy (non-hydrogen) atoms. The van der Waals surface area contributed by atoms with Crippen molar-refractivity contribution < 1.29 is 13.2 Å². The molecule has 7 nitrogen and oxygen atoms in total. The van der Waals surface area contributed by atoms with Crippen molar-refractivity contribution in [1.29, 1.82) is 0 Å². The summed E-state index contributed by atoms with van der Waals surface area (Å²) in [6.45, 7) is 6.99. The zero-order chi connectivity index (χ0) is 16.0. The summed E-state index contributed by atoms with van der Waals surface area (Å²) in [4.78, 5) is 16.8. The molecule has 0 aliphatic rings. The molecule has 0 saturated heterocycles. The van der Waals surface area contributed by atoms with Crippen molar-refractivity contribution in [1.82, 2.24) is 10.2 Å². The number of allylic oxidation sites excluding steroid dienone is 2. The van der Waals surface area contributed by atoms with E-state index in [-0.39, 0.29) is 18.1 Å². The highest BCUT2D eigenvalue weighted by atomic mass is 32.2. The highest BCUT2D eigenvalue weighted by molar-refractivity contribution is 7.90. The highest BCUT2D eigenvalue weighted by Gasteiger charge is 2.18. The molecule has 0 radical (unpaired) electrons. The Bertz CT molecular complexity index is 676. The van der Waals surface area contributed by atoms with Gasteiger partial charge in [-0.3, -0.25) is 14.7 Å². The molecule has 0 spiro atoms. The summed E-state index contributed by atoms with van der Waals surface area (Å²) in [6.07, 6.45) is 4.04. The molecule has 9 heteroatoms. The molecule has 1 aromatic heterocycles. The van der Waals surface area contributed by atoms with Gasteiger partial charge in [0.15, 0.2) is 5.01 Å². The average molecular weight is 328 g/mol. The summed E-state index contributed by atoms with van der Waals surface area (Å²) in [7, 11) is -1.65. The van der Waals surface area contributed by atoms with Crippen LogP contribution in [-0.2, 0) is 14.6 Å². The smallest absolute Gasteiger partial charge is 0.229 e. The van der Waals surface area contributed by atoms with Crippen LogP contribution in [0.25, 0.3) is 5.57 Å². The molecule has 1 amide bonds. The molecule has 1 heterocycles. The van der Waals surface area contributed by atoms with Crippen molar-refractivity contribution in [3.8, 4) is 0 Å². The molecule has 0 N–H and O–H groups in total. The van der Waals surface area contributed by atoms with Crippen LogP contribution in [0.3, 0.4) is 0 Å². The van der Waals surface area contributed by atoms with Gasteiger partial charge in [0.05, 0.1) is 5.75 Å². The van der Waals surface area contributed by atoms with Crippen molar-refractivity contribution in [2.75, 3.05) is 24.0 Å². The van der Waals surface area contributed by atoms with Gasteiger partial charge in [-0.15, -0.1) is 10.2 Å². The number of amides is 1. The fourth-order valence-corrected chi connectivity index (χ4v) is 2.68. The molecular formula is C12H16N4O3S2. The predicted molar refractivity (Wildman–Crippen MR) is 85.4 cm³/mol. The maximum absolute atomic E-state index is 11.9. The third-order valence-corrected chi connectivity index (χ3v) is 4.45. The zero-order valence-corrected chi connectivity index (χ0v) is 13.4. The van der Waals surface area contributed by atoms with Gasteiger partial charge in [0.2, 0.25) is 11.0 Å². The Morgan fingerprint density at radius 1 is 1.48 bits per heavy atom. The number of rotatable bonds is 7. The molecule has 1 rings (SSSR count). The summed E-state index contributed by atoms with van der Waals surface area (Å²) in [6, 6.07) is 0. The van der Waals surface area contributed by atoms with Crippen LogP contribution in [0.2, 0.25) is 0 Å². The maximum atomic E-state index is 11.9. The van der Waals surface area contributed by atoms with Gasteiger partial charge >= 0.3 is 0 Å². The monoisotopic (exact) mass is 328 g/mol. The Hall–Kier alpha value is -1.87. The lowest BCUT2D eigenvalue weighted by molar-refractivity contribution is -0.117. The molecule has 0 bridgehead atoms. The van der Waals surface area contributed by atoms with Gasteiger partial charge < -0.3 is 0 Å². The van der Waals surface area contributed by atoms with Crippen molar-refractivity contribution in [2.45, 2.75) is 6.42 Å². The molecule has 1 aromatic rings. The van der Waals surface area contributed by atoms with Gasteiger partial charge in [0.25, 0.3) is 0 Å². The van der Waals surface area contributed by atoms with Crippen LogP contribution >= 0.6 is 11.3 Å². The normalized spacial score (nSPS) is 12.0. The first-order valence-electron chi connectivity index (χ1n) is 5.85. The number of aliphatic imine (C=N–C) groups is 1. The van der Waals surface area contributed by atoms with E-state index in [0.717, 1.165) is 6.26 Å². The minimum atomic E-state index is -3.18. The standard InChI is InChI=1S/C12H16N4O3S2/c1-5-9(8-13-2)11-14-15-12(20-11)16(3)10(17)6-7-21(4,18)19/h5,8H,1-2,6-7H2,3-4H3. The van der Waals surface area contributed by atoms with Crippen molar-refractivity contribution in [3.05, 3.63) is 23.9 Å². The van der Waals surface area contributed by atoms with Crippen LogP contribution < -0.4 is 4.90 Å². The van der Waals surface area contributed by atoms with E-state index in [4.69, 9.17) is 0 Å². The Labute approximate surface area is 127 Å². The topological polar surface area (TPSA) is 92.6 Å². The van der Waals surface area contributed by atoms with Crippen LogP contribution in [0, 0.1) is 0 Å². The first kappa shape index (κ1) is 17.2. The third-order valence-electron chi connectivity index (χ3n) is 2.46. The van der Waals surface area contributed by atoms with Crippen LogP contribution in [0.15, 0.2) is 23.8 Å². The Kier molecular flexibility index (Phi) is 5.91. The van der Waals surface area contributed by atoms with Gasteiger partial charge in [0.1, 0.15) is 9.84 Å². The molecule has 0 atom stereocenters. The van der Waals surface area contributed by atoms with E-state index < -0.39 is 9.84 Å². The van der Waals surface area contributed by atoms with E-state index in [1.165, 1.54) is 29.5 Å². The molecule has 0 unspecified atom stereocenters. The zero-order valence-electron chi connectivity index (χ0n) is 11.8. The number of carbonyl (C=O) groups is 1. The fraction of sp³-hybridized carbons (Fsp3) is 0.333. The summed E-state index contributed by atoms with van der Waals surface area (Å²) >= 11 is 1.18. The maximum Gasteiger partial charge on any atom is 0.229 e. The van der Waals surface area contributed by atoms with Gasteiger partial charge in [-0.1, -0.05) is 24.0 Å². The lowest BCUT2D eigenvalue weighted by Crippen LogP contribution is -2.27. The largest absolute Gasteiger partial charge is 0.290 e. The number of nitrogens with zero attached hydrogens (tertiary/aromatic N) is 4. The minimum Gasteiger partial charge on any atom is -0.290 e. The molecule has 0 aromatic carbocycles. The van der Waals surface area contributed by atoms with Gasteiger partial charge in [-0.25, -0.2) is 8.42 Å². The number of carbonyl (C=O) groups excluding carboxylic acids is 1. The first-order chi connectivity index (χ1) is 9.78. The molecular weight excluding hydrogens is 312 g/mol. The Balaban J connectivity index is 2.85. The fourth-order valence-electron chi connectivity index (χ4n) is 1.31. The van der Waals surface area contributed by atoms with Crippen molar-refractivity contribution in [2.24, 2.45) is 4.99 Å². The van der Waals surface area contributed by atoms with Crippen LogP contribution in [0.4, 0.5) is 5.13 Å². The van der Waals surface area contributed by atoms with E-state index >= 15 is 0 Å². The second kappa shape index (κ2) is 7.23. The molecule has 114 valence electrons. The summed E-state index contributed by atoms with van der Waals surface area (Å²) < 4.78 is 22.1. The number of sulfone groups is 1. The van der Waals surface area contributed by atoms with E-state index in [0.29, 0.717) is 15.7 Å². The number of hydrogen-bond donors (Lipinski definition) is 0. The van der Waals surface area contributed by atoms with Crippen LogP contribution in [0.1, 0.15) is 11.4 Å². The van der Waals surface area contributed by atoms with Crippen molar-refractivity contribution in [3.63, 3.8) is 0 Å². The average Bonchev–Trinajstić information content (AvgIpc) is 2.89. The lowest BCUT2D eigenvalue weighted by Gasteiger charge is -2.12. The van der Waals surface area contributed by atoms with E-state index in [1.54, 1.807) is 6.08 Å². The second-order valence-corrected chi connectivity index (χ2v) is 7.41. The van der Waals surface area contributed by atoms with E-state index in [1.807, 2.05) is 0 Å². The van der Waals surface area contributed by atoms with Crippen LogP contribution in [-0.4, -0.2) is 50.3 Å². The van der Waals surface area contributed by atoms with Gasteiger partial charge in [-0.05, 0) is 6.72 Å². The predicted octanol–water partition coefficient (Wildman–Crippen LogP) is 1.16. The molecule has 0 fully saturated rings. The third kappa shape index (κ3) is 5.20. The van der Waals surface area contributed by atoms with Gasteiger partial charge in [-0.2, -0.15) is 0 Å². The minimum absolute atomic E-state index is 0.0946. The van der Waals surface area contributed by atoms with E-state index in [9.17, 15) is 13.2 Å². The quantitative estimate of drug-likeness (QED) is 0.553. The first-order valence-corrected chi connectivity index (χ1v) is 8.72. The molecule has 0 aliphatic heterocycles. The van der Waals surface area contributed by atoms with Crippen molar-refractivity contribution >= 4 is 44.5 Å². The Morgan fingerprint density at radius 2 is 2.14 bits per heavy atom. The summed E-state index contributed by atoms with van der Waals surface area (Å²) in [5, 5.41) is 8.78.